The molecule has 0 saturated heterocycles. The highest BCUT2D eigenvalue weighted by Gasteiger charge is 2.15. The molecule has 1 amide bonds. The highest BCUT2D eigenvalue weighted by Crippen LogP contribution is 2.17. The molecular weight excluding hydrogens is 270 g/mol. The summed E-state index contributed by atoms with van der Waals surface area (Å²) in [5.41, 5.74) is 0.150. The lowest BCUT2D eigenvalue weighted by molar-refractivity contribution is -0.123. The molecule has 1 aromatic rings. The molecule has 0 spiro atoms. The van der Waals surface area contributed by atoms with Gasteiger partial charge in [0.2, 0.25) is 0 Å². The summed E-state index contributed by atoms with van der Waals surface area (Å²) in [7, 11) is 0. The molecule has 1 aromatic carbocycles. The zero-order chi connectivity index (χ0) is 15.1. The minimum absolute atomic E-state index is 0.0838. The van der Waals surface area contributed by atoms with Crippen molar-refractivity contribution in [1.29, 1.82) is 0 Å². The van der Waals surface area contributed by atoms with Gasteiger partial charge in [-0.3, -0.25) is 4.79 Å². The fourth-order valence-electron chi connectivity index (χ4n) is 2.56. The van der Waals surface area contributed by atoms with E-state index in [0.29, 0.717) is 5.75 Å². The lowest BCUT2D eigenvalue weighted by Crippen LogP contribution is -2.37. The summed E-state index contributed by atoms with van der Waals surface area (Å²) in [6.45, 7) is -0.0838. The third-order valence-electron chi connectivity index (χ3n) is 3.67. The first-order valence-corrected chi connectivity index (χ1v) is 7.40. The molecule has 2 N–H and O–H groups in total. The second-order valence-electron chi connectivity index (χ2n) is 5.38. The highest BCUT2D eigenvalue weighted by atomic mass is 16.5. The molecule has 1 aliphatic carbocycles. The van der Waals surface area contributed by atoms with Crippen LogP contribution in [0.1, 0.15) is 48.9 Å². The van der Waals surface area contributed by atoms with E-state index >= 15 is 0 Å². The average Bonchev–Trinajstić information content (AvgIpc) is 2.74. The number of carboxylic acids is 1. The van der Waals surface area contributed by atoms with Gasteiger partial charge in [0, 0.05) is 6.04 Å². The Morgan fingerprint density at radius 2 is 1.90 bits per heavy atom. The molecule has 2 rings (SSSR count). The Morgan fingerprint density at radius 3 is 2.57 bits per heavy atom. The Labute approximate surface area is 124 Å². The van der Waals surface area contributed by atoms with E-state index in [1.165, 1.54) is 25.0 Å². The van der Waals surface area contributed by atoms with E-state index in [4.69, 9.17) is 9.84 Å². The highest BCUT2D eigenvalue weighted by molar-refractivity contribution is 5.88. The van der Waals surface area contributed by atoms with Crippen molar-refractivity contribution in [1.82, 2.24) is 5.32 Å². The van der Waals surface area contributed by atoms with Gasteiger partial charge in [-0.25, -0.2) is 4.79 Å². The molecule has 1 fully saturated rings. The third kappa shape index (κ3) is 5.10. The number of carbonyl (C=O) groups excluding carboxylic acids is 1. The number of hydrogen-bond acceptors (Lipinski definition) is 3. The second kappa shape index (κ2) is 7.67. The fourth-order valence-corrected chi connectivity index (χ4v) is 2.56. The number of hydrogen-bond donors (Lipinski definition) is 2. The molecular formula is C16H21NO4. The maximum Gasteiger partial charge on any atom is 0.335 e. The zero-order valence-electron chi connectivity index (χ0n) is 12.0. The Kier molecular flexibility index (Phi) is 5.60. The number of carbonyl (C=O) groups is 2. The van der Waals surface area contributed by atoms with Crippen molar-refractivity contribution in [2.45, 2.75) is 44.6 Å². The third-order valence-corrected chi connectivity index (χ3v) is 3.67. The van der Waals surface area contributed by atoms with Crippen LogP contribution in [0.15, 0.2) is 24.3 Å². The van der Waals surface area contributed by atoms with Gasteiger partial charge in [-0.15, -0.1) is 0 Å². The molecule has 0 bridgehead atoms. The van der Waals surface area contributed by atoms with Crippen molar-refractivity contribution in [2.24, 2.45) is 0 Å². The summed E-state index contributed by atoms with van der Waals surface area (Å²) in [6.07, 6.45) is 6.86. The SMILES string of the molecule is O=C(COc1cccc(C(=O)O)c1)NC1CCCCCC1. The lowest BCUT2D eigenvalue weighted by atomic mass is 10.1. The smallest absolute Gasteiger partial charge is 0.335 e. The van der Waals surface area contributed by atoms with Crippen molar-refractivity contribution >= 4 is 11.9 Å². The molecule has 0 atom stereocenters. The van der Waals surface area contributed by atoms with E-state index in [9.17, 15) is 9.59 Å². The number of amides is 1. The summed E-state index contributed by atoms with van der Waals surface area (Å²) >= 11 is 0. The monoisotopic (exact) mass is 291 g/mol. The van der Waals surface area contributed by atoms with E-state index in [2.05, 4.69) is 5.32 Å². The molecule has 5 nitrogen and oxygen atoms in total. The van der Waals surface area contributed by atoms with Gasteiger partial charge in [0.1, 0.15) is 5.75 Å². The van der Waals surface area contributed by atoms with Crippen LogP contribution >= 0.6 is 0 Å². The fraction of sp³-hybridized carbons (Fsp3) is 0.500. The van der Waals surface area contributed by atoms with Crippen LogP contribution in [0, 0.1) is 0 Å². The van der Waals surface area contributed by atoms with E-state index in [1.807, 2.05) is 0 Å². The van der Waals surface area contributed by atoms with Gasteiger partial charge in [0.15, 0.2) is 6.61 Å². The molecule has 114 valence electrons. The van der Waals surface area contributed by atoms with Gasteiger partial charge < -0.3 is 15.2 Å². The Bertz CT molecular complexity index is 493. The van der Waals surface area contributed by atoms with E-state index in [1.54, 1.807) is 12.1 Å². The van der Waals surface area contributed by atoms with Crippen molar-refractivity contribution in [3.63, 3.8) is 0 Å². The minimum atomic E-state index is -1.01. The second-order valence-corrected chi connectivity index (χ2v) is 5.38. The molecule has 0 aliphatic heterocycles. The molecule has 21 heavy (non-hydrogen) atoms. The molecule has 0 unspecified atom stereocenters. The standard InChI is InChI=1S/C16H21NO4/c18-15(17-13-7-3-1-2-4-8-13)11-21-14-9-5-6-12(10-14)16(19)20/h5-6,9-10,13H,1-4,7-8,11H2,(H,17,18)(H,19,20). The largest absolute Gasteiger partial charge is 0.484 e. The topological polar surface area (TPSA) is 75.6 Å². The van der Waals surface area contributed by atoms with Gasteiger partial charge in [-0.05, 0) is 31.0 Å². The summed E-state index contributed by atoms with van der Waals surface area (Å²) in [5.74, 6) is -0.767. The average molecular weight is 291 g/mol. The number of ether oxygens (including phenoxy) is 1. The maximum absolute atomic E-state index is 11.9. The number of benzene rings is 1. The first-order chi connectivity index (χ1) is 10.1. The molecule has 1 aliphatic rings. The van der Waals surface area contributed by atoms with Gasteiger partial charge in [0.05, 0.1) is 5.56 Å². The zero-order valence-corrected chi connectivity index (χ0v) is 12.0. The summed E-state index contributed by atoms with van der Waals surface area (Å²) < 4.78 is 5.36. The van der Waals surface area contributed by atoms with E-state index in [0.717, 1.165) is 25.7 Å². The summed E-state index contributed by atoms with van der Waals surface area (Å²) in [5, 5.41) is 11.9. The van der Waals surface area contributed by atoms with Gasteiger partial charge in [-0.2, -0.15) is 0 Å². The minimum Gasteiger partial charge on any atom is -0.484 e. The number of carboxylic acid groups (broad SMARTS) is 1. The van der Waals surface area contributed by atoms with Gasteiger partial charge >= 0.3 is 5.97 Å². The van der Waals surface area contributed by atoms with E-state index < -0.39 is 5.97 Å². The normalized spacial score (nSPS) is 16.0. The Hall–Kier alpha value is -2.04. The van der Waals surface area contributed by atoms with Gasteiger partial charge in [-0.1, -0.05) is 31.7 Å². The van der Waals surface area contributed by atoms with Crippen LogP contribution in [0.5, 0.6) is 5.75 Å². The molecule has 0 radical (unpaired) electrons. The molecule has 0 heterocycles. The number of aromatic carboxylic acids is 1. The van der Waals surface area contributed by atoms with E-state index in [-0.39, 0.29) is 24.1 Å². The predicted octanol–water partition coefficient (Wildman–Crippen LogP) is 2.60. The van der Waals surface area contributed by atoms with Crippen LogP contribution in [0.3, 0.4) is 0 Å². The predicted molar refractivity (Wildman–Crippen MR) is 78.5 cm³/mol. The van der Waals surface area contributed by atoms with Crippen LogP contribution in [-0.4, -0.2) is 29.6 Å². The quantitative estimate of drug-likeness (QED) is 0.818. The Morgan fingerprint density at radius 1 is 1.19 bits per heavy atom. The van der Waals surface area contributed by atoms with Crippen LogP contribution in [0.4, 0.5) is 0 Å². The van der Waals surface area contributed by atoms with Crippen molar-refractivity contribution in [3.8, 4) is 5.75 Å². The van der Waals surface area contributed by atoms with Crippen LogP contribution in [0.2, 0.25) is 0 Å². The van der Waals surface area contributed by atoms with Gasteiger partial charge in [0.25, 0.3) is 5.91 Å². The number of nitrogens with one attached hydrogen (secondary N) is 1. The van der Waals surface area contributed by atoms with Crippen LogP contribution < -0.4 is 10.1 Å². The summed E-state index contributed by atoms with van der Waals surface area (Å²) in [6, 6.07) is 6.39. The van der Waals surface area contributed by atoms with Crippen LogP contribution in [-0.2, 0) is 4.79 Å². The van der Waals surface area contributed by atoms with Crippen molar-refractivity contribution < 1.29 is 19.4 Å². The van der Waals surface area contributed by atoms with Crippen molar-refractivity contribution in [2.75, 3.05) is 6.61 Å². The first-order valence-electron chi connectivity index (χ1n) is 7.40. The lowest BCUT2D eigenvalue weighted by Gasteiger charge is -2.16. The summed E-state index contributed by atoms with van der Waals surface area (Å²) in [4.78, 5) is 22.7. The van der Waals surface area contributed by atoms with Crippen molar-refractivity contribution in [3.05, 3.63) is 29.8 Å². The number of rotatable bonds is 5. The molecule has 0 aromatic heterocycles. The maximum atomic E-state index is 11.9. The Balaban J connectivity index is 1.80. The first kappa shape index (κ1) is 15.4. The molecule has 1 saturated carbocycles. The van der Waals surface area contributed by atoms with Crippen LogP contribution in [0.25, 0.3) is 0 Å². The molecule has 5 heteroatoms.